The van der Waals surface area contributed by atoms with E-state index >= 15 is 0 Å². The maximum atomic E-state index is 2.52. The largest absolute Gasteiger partial charge is 0.122 e. The highest BCUT2D eigenvalue weighted by atomic mass is 31.1. The lowest BCUT2D eigenvalue weighted by Crippen LogP contribution is -2.17. The van der Waals surface area contributed by atoms with E-state index in [9.17, 15) is 0 Å². The Bertz CT molecular complexity index is 325. The van der Waals surface area contributed by atoms with Crippen LogP contribution >= 0.6 is 25.7 Å². The molecule has 0 saturated carbocycles. The molecule has 6 atom stereocenters. The van der Waals surface area contributed by atoms with Crippen LogP contribution in [0.4, 0.5) is 0 Å². The van der Waals surface area contributed by atoms with E-state index in [0.717, 1.165) is 23.7 Å². The van der Waals surface area contributed by atoms with Crippen LogP contribution in [0.15, 0.2) is 11.6 Å². The van der Waals surface area contributed by atoms with Crippen LogP contribution in [0.3, 0.4) is 0 Å². The molecule has 1 heterocycles. The lowest BCUT2D eigenvalue weighted by atomic mass is 9.92. The maximum absolute atomic E-state index is 2.52. The molecule has 0 nitrogen and oxygen atoms in total. The second kappa shape index (κ2) is 13.3. The van der Waals surface area contributed by atoms with Gasteiger partial charge < -0.3 is 0 Å². The van der Waals surface area contributed by atoms with Gasteiger partial charge in [0.2, 0.25) is 0 Å². The number of hydrogen-bond acceptors (Lipinski definition) is 0. The summed E-state index contributed by atoms with van der Waals surface area (Å²) in [7, 11) is 3.60. The molecule has 23 heavy (non-hydrogen) atoms. The third-order valence-electron chi connectivity index (χ3n) is 5.13. The van der Waals surface area contributed by atoms with Gasteiger partial charge in [0, 0.05) is 0 Å². The first-order valence-corrected chi connectivity index (χ1v) is 14.0. The van der Waals surface area contributed by atoms with E-state index in [2.05, 4.69) is 40.7 Å². The van der Waals surface area contributed by atoms with Crippen LogP contribution in [0.25, 0.3) is 0 Å². The monoisotopic (exact) mass is 374 g/mol. The molecule has 1 rings (SSSR count). The average molecular weight is 374 g/mol. The highest BCUT2D eigenvalue weighted by Gasteiger charge is 2.18. The minimum absolute atomic E-state index is 0.894. The molecule has 0 aromatic carbocycles. The Kier molecular flexibility index (Phi) is 12.7. The smallest absolute Gasteiger partial charge is 0.0145 e. The highest BCUT2D eigenvalue weighted by Crippen LogP contribution is 2.34. The fourth-order valence-electron chi connectivity index (χ4n) is 3.24. The summed E-state index contributed by atoms with van der Waals surface area (Å²) in [5, 5.41) is 0. The van der Waals surface area contributed by atoms with Crippen molar-refractivity contribution in [2.45, 2.75) is 53.9 Å². The van der Waals surface area contributed by atoms with Gasteiger partial charge in [0.1, 0.15) is 0 Å². The average Bonchev–Trinajstić information content (AvgIpc) is 2.57. The van der Waals surface area contributed by atoms with E-state index < -0.39 is 0 Å². The number of allylic oxidation sites excluding steroid dienone is 2. The van der Waals surface area contributed by atoms with Gasteiger partial charge in [-0.15, -0.1) is 25.7 Å². The molecule has 0 amide bonds. The molecule has 0 N–H and O–H groups in total. The van der Waals surface area contributed by atoms with Crippen LogP contribution in [-0.4, -0.2) is 37.0 Å². The van der Waals surface area contributed by atoms with Gasteiger partial charge in [-0.25, -0.2) is 0 Å². The molecule has 0 aromatic rings. The van der Waals surface area contributed by atoms with Gasteiger partial charge >= 0.3 is 0 Å². The van der Waals surface area contributed by atoms with Gasteiger partial charge in [-0.2, -0.15) is 0 Å². The molecule has 0 aliphatic carbocycles. The van der Waals surface area contributed by atoms with Crippen LogP contribution in [-0.2, 0) is 0 Å². The molecule has 0 saturated heterocycles. The van der Waals surface area contributed by atoms with Crippen LogP contribution in [0.1, 0.15) is 53.9 Å². The van der Waals surface area contributed by atoms with Crippen LogP contribution in [0, 0.1) is 23.7 Å². The molecule has 1 aliphatic rings. The standard InChI is InChI=1S/C20H41P3/c1-6-19(12-21-10-16(2)3)13-23-15-20-14-22-11-17(4)8-7-9-18(20)5/h8,16,18-23H,6-7,9-15H2,1-5H3/b17-8-. The third kappa shape index (κ3) is 10.6. The fraction of sp³-hybridized carbons (Fsp3) is 0.900. The van der Waals surface area contributed by atoms with Gasteiger partial charge in [0.25, 0.3) is 0 Å². The van der Waals surface area contributed by atoms with Gasteiger partial charge in [-0.05, 0) is 80.4 Å². The predicted octanol–water partition coefficient (Wildman–Crippen LogP) is 6.70. The summed E-state index contributed by atoms with van der Waals surface area (Å²) in [6.45, 7) is 12.0. The molecule has 1 aliphatic heterocycles. The van der Waals surface area contributed by atoms with Crippen molar-refractivity contribution >= 4 is 25.7 Å². The highest BCUT2D eigenvalue weighted by molar-refractivity contribution is 7.39. The first-order chi connectivity index (χ1) is 11.0. The normalized spacial score (nSPS) is 29.0. The summed E-state index contributed by atoms with van der Waals surface area (Å²) in [6, 6.07) is 0. The second-order valence-corrected chi connectivity index (χ2v) is 11.9. The summed E-state index contributed by atoms with van der Waals surface area (Å²) < 4.78 is 0. The fourth-order valence-corrected chi connectivity index (χ4v) is 8.93. The Labute approximate surface area is 152 Å². The summed E-state index contributed by atoms with van der Waals surface area (Å²) in [4.78, 5) is 0. The van der Waals surface area contributed by atoms with Crippen LogP contribution in [0.2, 0.25) is 0 Å². The van der Waals surface area contributed by atoms with Crippen molar-refractivity contribution in [2.24, 2.45) is 23.7 Å². The second-order valence-electron chi connectivity index (χ2n) is 7.98. The summed E-state index contributed by atoms with van der Waals surface area (Å²) >= 11 is 0. The van der Waals surface area contributed by atoms with Crippen molar-refractivity contribution < 1.29 is 0 Å². The van der Waals surface area contributed by atoms with Crippen molar-refractivity contribution in [3.63, 3.8) is 0 Å². The maximum Gasteiger partial charge on any atom is -0.0145 e. The van der Waals surface area contributed by atoms with Gasteiger partial charge in [0.05, 0.1) is 0 Å². The van der Waals surface area contributed by atoms with Crippen LogP contribution < -0.4 is 0 Å². The van der Waals surface area contributed by atoms with E-state index in [1.165, 1.54) is 82.0 Å². The summed E-state index contributed by atoms with van der Waals surface area (Å²) in [5.41, 5.74) is 1.65. The molecular weight excluding hydrogens is 333 g/mol. The quantitative estimate of drug-likeness (QED) is 0.311. The van der Waals surface area contributed by atoms with E-state index in [-0.39, 0.29) is 0 Å². The molecule has 136 valence electrons. The molecule has 0 fully saturated rings. The van der Waals surface area contributed by atoms with E-state index in [1.807, 2.05) is 0 Å². The minimum atomic E-state index is 0.894. The number of rotatable bonds is 9. The molecule has 0 spiro atoms. The zero-order valence-corrected chi connectivity index (χ0v) is 19.3. The Morgan fingerprint density at radius 2 is 1.96 bits per heavy atom. The number of hydrogen-bond donors (Lipinski definition) is 0. The molecule has 3 heteroatoms. The Balaban J connectivity index is 2.28. The zero-order chi connectivity index (χ0) is 17.1. The van der Waals surface area contributed by atoms with Crippen molar-refractivity contribution in [3.05, 3.63) is 11.6 Å². The Hall–Kier alpha value is 1.03. The predicted molar refractivity (Wildman–Crippen MR) is 118 cm³/mol. The van der Waals surface area contributed by atoms with Crippen molar-refractivity contribution in [2.75, 3.05) is 37.0 Å². The van der Waals surface area contributed by atoms with Crippen LogP contribution in [0.5, 0.6) is 0 Å². The van der Waals surface area contributed by atoms with E-state index in [4.69, 9.17) is 0 Å². The first kappa shape index (κ1) is 22.1. The van der Waals surface area contributed by atoms with E-state index in [0.29, 0.717) is 0 Å². The third-order valence-corrected chi connectivity index (χ3v) is 10.4. The topological polar surface area (TPSA) is 0 Å². The summed E-state index contributed by atoms with van der Waals surface area (Å²) in [5.74, 6) is 3.87. The molecule has 0 aromatic heterocycles. The van der Waals surface area contributed by atoms with E-state index in [1.54, 1.807) is 5.57 Å². The van der Waals surface area contributed by atoms with Crippen molar-refractivity contribution in [3.8, 4) is 0 Å². The molecule has 0 bridgehead atoms. The summed E-state index contributed by atoms with van der Waals surface area (Å²) in [6.07, 6.45) is 15.5. The van der Waals surface area contributed by atoms with Gasteiger partial charge in [-0.1, -0.05) is 45.8 Å². The lowest BCUT2D eigenvalue weighted by Gasteiger charge is -2.24. The molecule has 6 unspecified atom stereocenters. The zero-order valence-electron chi connectivity index (χ0n) is 16.3. The first-order valence-electron chi connectivity index (χ1n) is 9.80. The van der Waals surface area contributed by atoms with Crippen molar-refractivity contribution in [1.82, 2.24) is 0 Å². The Morgan fingerprint density at radius 1 is 1.22 bits per heavy atom. The minimum Gasteiger partial charge on any atom is -0.122 e. The molecular formula is C20H41P3. The SMILES string of the molecule is CCC(CPCC(C)C)CPCC1CPC/C(C)=C\CCC1C. The van der Waals surface area contributed by atoms with Gasteiger partial charge in [-0.3, -0.25) is 0 Å². The van der Waals surface area contributed by atoms with Gasteiger partial charge in [0.15, 0.2) is 0 Å². The Morgan fingerprint density at radius 3 is 2.65 bits per heavy atom. The lowest BCUT2D eigenvalue weighted by molar-refractivity contribution is 0.405. The molecule has 0 radical (unpaired) electrons. The van der Waals surface area contributed by atoms with Crippen molar-refractivity contribution in [1.29, 1.82) is 0 Å².